The van der Waals surface area contributed by atoms with Crippen LogP contribution in [-0.4, -0.2) is 31.4 Å². The average Bonchev–Trinajstić information content (AvgIpc) is 3.02. The Morgan fingerprint density at radius 2 is 2.05 bits per heavy atom. The second-order valence-corrected chi connectivity index (χ2v) is 8.89. The largest absolute Gasteiger partial charge is 0.391 e. The zero-order valence-corrected chi connectivity index (χ0v) is 13.7. The highest BCUT2D eigenvalue weighted by Gasteiger charge is 2.37. The molecule has 0 spiro atoms. The second-order valence-electron chi connectivity index (χ2n) is 5.77. The molecular weight excluding hydrogens is 306 g/mol. The third kappa shape index (κ3) is 2.61. The van der Waals surface area contributed by atoms with Crippen LogP contribution in [0.1, 0.15) is 18.2 Å². The number of hydrogen-bond donors (Lipinski definition) is 1. The van der Waals surface area contributed by atoms with Gasteiger partial charge in [0.2, 0.25) is 10.0 Å². The molecule has 1 aliphatic carbocycles. The van der Waals surface area contributed by atoms with Gasteiger partial charge >= 0.3 is 0 Å². The summed E-state index contributed by atoms with van der Waals surface area (Å²) in [6.45, 7) is 2.45. The van der Waals surface area contributed by atoms with E-state index in [-0.39, 0.29) is 11.5 Å². The number of rotatable bonds is 5. The number of fused-ring (bicyclic) bond motifs is 1. The summed E-state index contributed by atoms with van der Waals surface area (Å²) < 4.78 is 28.1. The predicted molar refractivity (Wildman–Crippen MR) is 84.8 cm³/mol. The Hall–Kier alpha value is -0.950. The first-order valence-corrected chi connectivity index (χ1v) is 9.28. The van der Waals surface area contributed by atoms with Crippen molar-refractivity contribution in [2.75, 3.05) is 13.6 Å². The second kappa shape index (κ2) is 5.35. The van der Waals surface area contributed by atoms with Crippen LogP contribution in [0.25, 0.3) is 10.1 Å². The van der Waals surface area contributed by atoms with Gasteiger partial charge in [0.05, 0.1) is 11.5 Å². The normalized spacial score (nSPS) is 22.1. The predicted octanol–water partition coefficient (Wildman–Crippen LogP) is 2.67. The van der Waals surface area contributed by atoms with Gasteiger partial charge in [0.15, 0.2) is 0 Å². The van der Waals surface area contributed by atoms with Gasteiger partial charge in [0.25, 0.3) is 0 Å². The van der Waals surface area contributed by atoms with Crippen LogP contribution < -0.4 is 0 Å². The molecule has 3 rings (SSSR count). The highest BCUT2D eigenvalue weighted by molar-refractivity contribution is 7.89. The van der Waals surface area contributed by atoms with Crippen LogP contribution in [-0.2, 0) is 16.6 Å². The van der Waals surface area contributed by atoms with Crippen LogP contribution in [0.4, 0.5) is 0 Å². The maximum Gasteiger partial charge on any atom is 0.244 e. The molecule has 0 radical (unpaired) electrons. The molecular formula is C15H19NO3S2. The smallest absolute Gasteiger partial charge is 0.244 e. The molecule has 6 heteroatoms. The minimum absolute atomic E-state index is 0.248. The lowest BCUT2D eigenvalue weighted by Gasteiger charge is -2.17. The highest BCUT2D eigenvalue weighted by Crippen LogP contribution is 2.40. The zero-order chi connectivity index (χ0) is 15.2. The van der Waals surface area contributed by atoms with Crippen molar-refractivity contribution >= 4 is 31.4 Å². The summed E-state index contributed by atoms with van der Waals surface area (Å²) in [5, 5.41) is 10.2. The van der Waals surface area contributed by atoms with Crippen molar-refractivity contribution < 1.29 is 13.5 Å². The van der Waals surface area contributed by atoms with Crippen LogP contribution >= 0.6 is 11.3 Å². The Kier molecular flexibility index (Phi) is 3.81. The summed E-state index contributed by atoms with van der Waals surface area (Å²) in [6.07, 6.45) is 1.09. The first-order valence-electron chi connectivity index (χ1n) is 7.02. The molecule has 1 heterocycles. The van der Waals surface area contributed by atoms with Gasteiger partial charge in [-0.3, -0.25) is 0 Å². The minimum atomic E-state index is -3.56. The van der Waals surface area contributed by atoms with Gasteiger partial charge in [-0.25, -0.2) is 12.7 Å². The van der Waals surface area contributed by atoms with Gasteiger partial charge in [-0.05, 0) is 24.3 Å². The average molecular weight is 325 g/mol. The number of hydrogen-bond acceptors (Lipinski definition) is 4. The highest BCUT2D eigenvalue weighted by atomic mass is 32.2. The van der Waals surface area contributed by atoms with Crippen molar-refractivity contribution in [3.8, 4) is 0 Å². The van der Waals surface area contributed by atoms with E-state index in [1.807, 2.05) is 24.3 Å². The molecule has 1 fully saturated rings. The van der Waals surface area contributed by atoms with Gasteiger partial charge in [0, 0.05) is 23.7 Å². The van der Waals surface area contributed by atoms with Gasteiger partial charge < -0.3 is 5.11 Å². The summed E-state index contributed by atoms with van der Waals surface area (Å²) >= 11 is 1.35. The molecule has 1 N–H and O–H groups in total. The van der Waals surface area contributed by atoms with Crippen LogP contribution in [0.2, 0.25) is 0 Å². The van der Waals surface area contributed by atoms with Crippen molar-refractivity contribution in [2.45, 2.75) is 24.8 Å². The maximum absolute atomic E-state index is 12.9. The van der Waals surface area contributed by atoms with Crippen molar-refractivity contribution in [3.63, 3.8) is 0 Å². The third-order valence-electron chi connectivity index (χ3n) is 4.20. The van der Waals surface area contributed by atoms with Crippen LogP contribution in [0.15, 0.2) is 29.2 Å². The Bertz CT molecular complexity index is 766. The molecule has 0 aliphatic heterocycles. The van der Waals surface area contributed by atoms with Gasteiger partial charge in [0.1, 0.15) is 4.90 Å². The lowest BCUT2D eigenvalue weighted by Crippen LogP contribution is -2.29. The fourth-order valence-electron chi connectivity index (χ4n) is 2.70. The molecule has 0 amide bonds. The van der Waals surface area contributed by atoms with Crippen molar-refractivity contribution in [1.29, 1.82) is 0 Å². The molecule has 0 saturated heterocycles. The molecule has 2 unspecified atom stereocenters. The fourth-order valence-corrected chi connectivity index (χ4v) is 5.67. The number of sulfonamides is 1. The Balaban J connectivity index is 2.05. The van der Waals surface area contributed by atoms with Crippen molar-refractivity contribution in [1.82, 2.24) is 4.31 Å². The summed E-state index contributed by atoms with van der Waals surface area (Å²) in [5.41, 5.74) is 0. The van der Waals surface area contributed by atoms with Crippen LogP contribution in [0, 0.1) is 11.8 Å². The molecule has 21 heavy (non-hydrogen) atoms. The Morgan fingerprint density at radius 1 is 1.38 bits per heavy atom. The van der Waals surface area contributed by atoms with E-state index in [1.165, 1.54) is 15.6 Å². The molecule has 114 valence electrons. The molecule has 0 bridgehead atoms. The first-order chi connectivity index (χ1) is 9.95. The Labute approximate surface area is 129 Å². The molecule has 1 aliphatic rings. The topological polar surface area (TPSA) is 57.6 Å². The van der Waals surface area contributed by atoms with Crippen LogP contribution in [0.3, 0.4) is 0 Å². The number of aliphatic hydroxyl groups is 1. The Morgan fingerprint density at radius 3 is 2.67 bits per heavy atom. The standard InChI is InChI=1S/C15H19NO3S2/c1-10-7-11(10)8-16(2)21(18,19)15-12-5-3-4-6-13(12)20-14(15)9-17/h3-6,10-11,17H,7-9H2,1-2H3. The molecule has 2 atom stereocenters. The van der Waals surface area contributed by atoms with E-state index in [2.05, 4.69) is 6.92 Å². The van der Waals surface area contributed by atoms with E-state index < -0.39 is 10.0 Å². The number of benzene rings is 1. The van der Waals surface area contributed by atoms with Crippen molar-refractivity contribution in [2.24, 2.45) is 11.8 Å². The SMILES string of the molecule is CC1CC1CN(C)S(=O)(=O)c1c(CO)sc2ccccc12. The van der Waals surface area contributed by atoms with E-state index in [9.17, 15) is 13.5 Å². The summed E-state index contributed by atoms with van der Waals surface area (Å²) in [4.78, 5) is 0.799. The van der Waals surface area contributed by atoms with Gasteiger partial charge in [-0.1, -0.05) is 25.1 Å². The van der Waals surface area contributed by atoms with E-state index in [0.29, 0.717) is 28.6 Å². The lowest BCUT2D eigenvalue weighted by molar-refractivity contribution is 0.282. The summed E-state index contributed by atoms with van der Waals surface area (Å²) in [7, 11) is -1.93. The van der Waals surface area contributed by atoms with E-state index in [4.69, 9.17) is 0 Å². The van der Waals surface area contributed by atoms with E-state index in [0.717, 1.165) is 11.1 Å². The van der Waals surface area contributed by atoms with Crippen molar-refractivity contribution in [3.05, 3.63) is 29.1 Å². The summed E-state index contributed by atoms with van der Waals surface area (Å²) in [5.74, 6) is 1.08. The van der Waals surface area contributed by atoms with Gasteiger partial charge in [-0.2, -0.15) is 0 Å². The molecule has 1 aromatic heterocycles. The van der Waals surface area contributed by atoms with Gasteiger partial charge in [-0.15, -0.1) is 11.3 Å². The minimum Gasteiger partial charge on any atom is -0.391 e. The first kappa shape index (κ1) is 15.0. The van der Waals surface area contributed by atoms with Crippen LogP contribution in [0.5, 0.6) is 0 Å². The van der Waals surface area contributed by atoms with E-state index in [1.54, 1.807) is 7.05 Å². The zero-order valence-electron chi connectivity index (χ0n) is 12.1. The monoisotopic (exact) mass is 325 g/mol. The number of aliphatic hydroxyl groups excluding tert-OH is 1. The maximum atomic E-state index is 12.9. The molecule has 1 aromatic carbocycles. The molecule has 2 aromatic rings. The van der Waals surface area contributed by atoms with E-state index >= 15 is 0 Å². The number of nitrogens with zero attached hydrogens (tertiary/aromatic N) is 1. The summed E-state index contributed by atoms with van der Waals surface area (Å²) in [6, 6.07) is 7.41. The fraction of sp³-hybridized carbons (Fsp3) is 0.467. The quantitative estimate of drug-likeness (QED) is 0.919. The third-order valence-corrected chi connectivity index (χ3v) is 7.43. The number of thiophene rings is 1. The lowest BCUT2D eigenvalue weighted by atomic mass is 10.2. The molecule has 1 saturated carbocycles. The molecule has 4 nitrogen and oxygen atoms in total.